The number of nitrogens with one attached hydrogen (secondary N) is 1. The fourth-order valence-corrected chi connectivity index (χ4v) is 2.30. The largest absolute Gasteiger partial charge is 0.491 e. The summed E-state index contributed by atoms with van der Waals surface area (Å²) in [4.78, 5) is 0. The molecule has 0 radical (unpaired) electrons. The number of aliphatic hydroxyl groups is 1. The molecule has 0 spiro atoms. The molecule has 0 aromatic heterocycles. The maximum Gasteiger partial charge on any atom is 0.122 e. The molecular formula is C16H17Cl2NO2. The molecule has 0 amide bonds. The van der Waals surface area contributed by atoms with Gasteiger partial charge in [-0.1, -0.05) is 41.4 Å². The van der Waals surface area contributed by atoms with Gasteiger partial charge in [-0.05, 0) is 36.8 Å². The van der Waals surface area contributed by atoms with Crippen molar-refractivity contribution in [2.75, 3.05) is 18.5 Å². The van der Waals surface area contributed by atoms with Crippen LogP contribution in [-0.2, 0) is 0 Å². The summed E-state index contributed by atoms with van der Waals surface area (Å²) in [6.45, 7) is 2.52. The van der Waals surface area contributed by atoms with E-state index < -0.39 is 6.10 Å². The molecule has 2 aromatic rings. The van der Waals surface area contributed by atoms with Crippen LogP contribution in [0.3, 0.4) is 0 Å². The quantitative estimate of drug-likeness (QED) is 0.838. The van der Waals surface area contributed by atoms with Crippen LogP contribution in [0.25, 0.3) is 0 Å². The maximum absolute atomic E-state index is 9.95. The third-order valence-electron chi connectivity index (χ3n) is 2.98. The van der Waals surface area contributed by atoms with Gasteiger partial charge in [0.25, 0.3) is 0 Å². The maximum atomic E-state index is 9.95. The van der Waals surface area contributed by atoms with Crippen molar-refractivity contribution in [1.82, 2.24) is 0 Å². The molecule has 3 nitrogen and oxygen atoms in total. The van der Waals surface area contributed by atoms with Crippen LogP contribution in [0.5, 0.6) is 5.75 Å². The highest BCUT2D eigenvalue weighted by Gasteiger charge is 2.08. The number of aryl methyl sites for hydroxylation is 1. The van der Waals surface area contributed by atoms with E-state index in [1.165, 1.54) is 0 Å². The molecule has 0 saturated heterocycles. The molecular weight excluding hydrogens is 309 g/mol. The molecule has 0 fully saturated rings. The van der Waals surface area contributed by atoms with Crippen LogP contribution < -0.4 is 10.1 Å². The first-order valence-electron chi connectivity index (χ1n) is 6.61. The predicted molar refractivity (Wildman–Crippen MR) is 87.6 cm³/mol. The number of anilines is 1. The van der Waals surface area contributed by atoms with Crippen molar-refractivity contribution >= 4 is 28.9 Å². The van der Waals surface area contributed by atoms with E-state index in [4.69, 9.17) is 27.9 Å². The molecule has 0 aliphatic heterocycles. The summed E-state index contributed by atoms with van der Waals surface area (Å²) in [5.41, 5.74) is 1.77. The number of benzene rings is 2. The number of para-hydroxylation sites is 1. The van der Waals surface area contributed by atoms with Crippen molar-refractivity contribution in [3.8, 4) is 5.75 Å². The van der Waals surface area contributed by atoms with Gasteiger partial charge in [0.1, 0.15) is 18.5 Å². The van der Waals surface area contributed by atoms with Gasteiger partial charge in [0, 0.05) is 11.6 Å². The van der Waals surface area contributed by atoms with Crippen molar-refractivity contribution in [1.29, 1.82) is 0 Å². The Bertz CT molecular complexity index is 605. The van der Waals surface area contributed by atoms with Crippen molar-refractivity contribution in [2.24, 2.45) is 0 Å². The molecule has 112 valence electrons. The van der Waals surface area contributed by atoms with Crippen LogP contribution in [0.1, 0.15) is 5.56 Å². The summed E-state index contributed by atoms with van der Waals surface area (Å²) in [7, 11) is 0. The molecule has 0 aliphatic rings. The third kappa shape index (κ3) is 4.81. The van der Waals surface area contributed by atoms with Crippen LogP contribution in [-0.4, -0.2) is 24.4 Å². The van der Waals surface area contributed by atoms with Crippen molar-refractivity contribution in [3.63, 3.8) is 0 Å². The lowest BCUT2D eigenvalue weighted by Gasteiger charge is -2.15. The summed E-state index contributed by atoms with van der Waals surface area (Å²) in [5.74, 6) is 0.779. The lowest BCUT2D eigenvalue weighted by molar-refractivity contribution is 0.117. The summed E-state index contributed by atoms with van der Waals surface area (Å²) in [6.07, 6.45) is -0.642. The number of hydrogen-bond donors (Lipinski definition) is 2. The van der Waals surface area contributed by atoms with Crippen LogP contribution in [0.15, 0.2) is 42.5 Å². The first-order valence-corrected chi connectivity index (χ1v) is 7.37. The Morgan fingerprint density at radius 3 is 2.67 bits per heavy atom. The lowest BCUT2D eigenvalue weighted by Crippen LogP contribution is -2.26. The Morgan fingerprint density at radius 2 is 1.95 bits per heavy atom. The van der Waals surface area contributed by atoms with Gasteiger partial charge in [-0.2, -0.15) is 0 Å². The first-order chi connectivity index (χ1) is 10.1. The molecule has 0 aliphatic carbocycles. The molecule has 2 aromatic carbocycles. The Morgan fingerprint density at radius 1 is 1.19 bits per heavy atom. The fourth-order valence-electron chi connectivity index (χ4n) is 1.82. The molecule has 0 heterocycles. The SMILES string of the molecule is Cc1ccccc1OCC(O)CNc1ccc(Cl)cc1Cl. The van der Waals surface area contributed by atoms with Gasteiger partial charge in [0.15, 0.2) is 0 Å². The lowest BCUT2D eigenvalue weighted by atomic mass is 10.2. The second-order valence-electron chi connectivity index (χ2n) is 4.74. The Balaban J connectivity index is 1.82. The van der Waals surface area contributed by atoms with E-state index in [9.17, 15) is 5.11 Å². The standard InChI is InChI=1S/C16H17Cl2NO2/c1-11-4-2-3-5-16(11)21-10-13(20)9-19-15-7-6-12(17)8-14(15)18/h2-8,13,19-20H,9-10H2,1H3. The normalized spacial score (nSPS) is 12.0. The Hall–Kier alpha value is -1.42. The van der Waals surface area contributed by atoms with Crippen LogP contribution in [0.2, 0.25) is 10.0 Å². The van der Waals surface area contributed by atoms with Crippen molar-refractivity contribution in [3.05, 3.63) is 58.1 Å². The molecule has 5 heteroatoms. The highest BCUT2D eigenvalue weighted by molar-refractivity contribution is 6.36. The Kier molecular flexibility index (Phi) is 5.74. The second kappa shape index (κ2) is 7.55. The smallest absolute Gasteiger partial charge is 0.122 e. The van der Waals surface area contributed by atoms with Crippen molar-refractivity contribution in [2.45, 2.75) is 13.0 Å². The zero-order chi connectivity index (χ0) is 15.2. The van der Waals surface area contributed by atoms with E-state index in [1.54, 1.807) is 18.2 Å². The summed E-state index contributed by atoms with van der Waals surface area (Å²) in [6, 6.07) is 12.9. The molecule has 2 rings (SSSR count). The minimum absolute atomic E-state index is 0.211. The first kappa shape index (κ1) is 16.0. The Labute approximate surface area is 134 Å². The summed E-state index contributed by atoms with van der Waals surface area (Å²) < 4.78 is 5.59. The van der Waals surface area contributed by atoms with Gasteiger partial charge in [0.2, 0.25) is 0 Å². The van der Waals surface area contributed by atoms with Gasteiger partial charge in [-0.3, -0.25) is 0 Å². The number of ether oxygens (including phenoxy) is 1. The highest BCUT2D eigenvalue weighted by Crippen LogP contribution is 2.25. The second-order valence-corrected chi connectivity index (χ2v) is 5.58. The van der Waals surface area contributed by atoms with Crippen LogP contribution >= 0.6 is 23.2 Å². The molecule has 1 unspecified atom stereocenters. The molecule has 0 saturated carbocycles. The van der Waals surface area contributed by atoms with Gasteiger partial charge in [0.05, 0.1) is 10.7 Å². The minimum atomic E-state index is -0.642. The van der Waals surface area contributed by atoms with E-state index in [2.05, 4.69) is 5.32 Å². The number of rotatable bonds is 6. The fraction of sp³-hybridized carbons (Fsp3) is 0.250. The molecule has 21 heavy (non-hydrogen) atoms. The summed E-state index contributed by atoms with van der Waals surface area (Å²) >= 11 is 11.9. The number of hydrogen-bond acceptors (Lipinski definition) is 3. The minimum Gasteiger partial charge on any atom is -0.491 e. The van der Waals surface area contributed by atoms with Crippen molar-refractivity contribution < 1.29 is 9.84 Å². The molecule has 1 atom stereocenters. The highest BCUT2D eigenvalue weighted by atomic mass is 35.5. The van der Waals surface area contributed by atoms with Gasteiger partial charge in [-0.15, -0.1) is 0 Å². The van der Waals surface area contributed by atoms with Gasteiger partial charge < -0.3 is 15.2 Å². The van der Waals surface area contributed by atoms with Gasteiger partial charge >= 0.3 is 0 Å². The van der Waals surface area contributed by atoms with E-state index >= 15 is 0 Å². The van der Waals surface area contributed by atoms with Gasteiger partial charge in [-0.25, -0.2) is 0 Å². The average molecular weight is 326 g/mol. The zero-order valence-corrected chi connectivity index (χ0v) is 13.2. The van der Waals surface area contributed by atoms with E-state index in [0.717, 1.165) is 17.0 Å². The zero-order valence-electron chi connectivity index (χ0n) is 11.6. The van der Waals surface area contributed by atoms with Crippen LogP contribution in [0, 0.1) is 6.92 Å². The number of halogens is 2. The van der Waals surface area contributed by atoms with Crippen LogP contribution in [0.4, 0.5) is 5.69 Å². The third-order valence-corrected chi connectivity index (χ3v) is 3.53. The predicted octanol–water partition coefficient (Wildman–Crippen LogP) is 4.15. The molecule has 2 N–H and O–H groups in total. The number of aliphatic hydroxyl groups excluding tert-OH is 1. The van der Waals surface area contributed by atoms with E-state index in [1.807, 2.05) is 31.2 Å². The average Bonchev–Trinajstić information content (AvgIpc) is 2.45. The molecule has 0 bridgehead atoms. The summed E-state index contributed by atoms with van der Waals surface area (Å²) in [5, 5.41) is 14.1. The van der Waals surface area contributed by atoms with E-state index in [-0.39, 0.29) is 6.61 Å². The topological polar surface area (TPSA) is 41.5 Å². The monoisotopic (exact) mass is 325 g/mol. The van der Waals surface area contributed by atoms with E-state index in [0.29, 0.717) is 16.6 Å².